The lowest BCUT2D eigenvalue weighted by Crippen LogP contribution is -2.52. The van der Waals surface area contributed by atoms with Crippen LogP contribution in [-0.2, 0) is 43.1 Å². The van der Waals surface area contributed by atoms with Crippen LogP contribution in [0.3, 0.4) is 0 Å². The number of benzene rings is 1. The van der Waals surface area contributed by atoms with Gasteiger partial charge in [-0.3, -0.25) is 58.0 Å². The van der Waals surface area contributed by atoms with Gasteiger partial charge < -0.3 is 46.4 Å². The zero-order valence-corrected chi connectivity index (χ0v) is 44.7. The van der Waals surface area contributed by atoms with Crippen LogP contribution in [0.15, 0.2) is 10.5 Å². The van der Waals surface area contributed by atoms with Gasteiger partial charge in [-0.05, 0) is 56.7 Å². The van der Waals surface area contributed by atoms with E-state index in [0.29, 0.717) is 25.3 Å². The van der Waals surface area contributed by atoms with Gasteiger partial charge in [-0.1, -0.05) is 69.5 Å². The highest BCUT2D eigenvalue weighted by Crippen LogP contribution is 2.31. The number of carbonyl (C=O) groups is 8. The van der Waals surface area contributed by atoms with Gasteiger partial charge in [0.05, 0.1) is 32.8 Å². The largest absolute Gasteiger partial charge is 0.480 e. The van der Waals surface area contributed by atoms with E-state index >= 15 is 0 Å². The molecule has 0 radical (unpaired) electrons. The number of anilines is 1. The first-order chi connectivity index (χ1) is 33.2. The first kappa shape index (κ1) is 62.4. The highest BCUT2D eigenvalue weighted by atomic mass is 79.9. The van der Waals surface area contributed by atoms with Crippen LogP contribution in [0.5, 0.6) is 0 Å². The Kier molecular flexibility index (Phi) is 27.2. The van der Waals surface area contributed by atoms with Crippen LogP contribution in [0.2, 0.25) is 0 Å². The Morgan fingerprint density at radius 2 is 1.13 bits per heavy atom. The summed E-state index contributed by atoms with van der Waals surface area (Å²) in [4.78, 5) is 108. The molecular formula is C49H81BrN8O13. The molecule has 21 nitrogen and oxygen atoms in total. The maximum absolute atomic E-state index is 14.0. The molecule has 2 rings (SSSR count). The predicted molar refractivity (Wildman–Crippen MR) is 271 cm³/mol. The van der Waals surface area contributed by atoms with Gasteiger partial charge in [-0.15, -0.1) is 0 Å². The van der Waals surface area contributed by atoms with E-state index in [0.717, 1.165) is 40.4 Å². The summed E-state index contributed by atoms with van der Waals surface area (Å²) in [6.07, 6.45) is 2.49. The molecule has 22 heteroatoms. The Bertz CT molecular complexity index is 1940. The highest BCUT2D eigenvalue weighted by molar-refractivity contribution is 9.10. The molecule has 1 heterocycles. The Labute approximate surface area is 427 Å². The maximum atomic E-state index is 14.0. The van der Waals surface area contributed by atoms with E-state index in [1.165, 1.54) is 0 Å². The van der Waals surface area contributed by atoms with Crippen molar-refractivity contribution in [1.82, 2.24) is 35.6 Å². The number of ether oxygens (including phenoxy) is 1. The molecule has 1 aliphatic rings. The lowest BCUT2D eigenvalue weighted by atomic mass is 9.92. The van der Waals surface area contributed by atoms with Crippen LogP contribution in [-0.4, -0.2) is 198 Å². The average Bonchev–Trinajstić information content (AvgIpc) is 3.27. The smallest absolute Gasteiger partial charge is 0.320 e. The van der Waals surface area contributed by atoms with Crippen molar-refractivity contribution in [3.63, 3.8) is 0 Å². The molecule has 0 aromatic heterocycles. The first-order valence-electron chi connectivity index (χ1n) is 24.5. The van der Waals surface area contributed by atoms with Gasteiger partial charge >= 0.3 is 23.9 Å². The topological polar surface area (TPSA) is 288 Å². The molecule has 8 N–H and O–H groups in total. The number of carbonyl (C=O) groups excluding carboxylic acids is 4. The lowest BCUT2D eigenvalue weighted by Gasteiger charge is -2.35. The second-order valence-corrected chi connectivity index (χ2v) is 21.0. The number of aryl methyl sites for hydroxylation is 2. The fourth-order valence-electron chi connectivity index (χ4n) is 8.13. The van der Waals surface area contributed by atoms with E-state index in [4.69, 9.17) is 4.74 Å². The lowest BCUT2D eigenvalue weighted by molar-refractivity contribution is -0.145. The second-order valence-electron chi connectivity index (χ2n) is 20.2. The average molecular weight is 1070 g/mol. The molecule has 1 aromatic rings. The normalized spacial score (nSPS) is 15.9. The third-order valence-corrected chi connectivity index (χ3v) is 13.5. The Morgan fingerprint density at radius 1 is 0.648 bits per heavy atom. The summed E-state index contributed by atoms with van der Waals surface area (Å²) >= 11 is 3.57. The summed E-state index contributed by atoms with van der Waals surface area (Å²) < 4.78 is 6.93. The number of carboxylic acid groups (broad SMARTS) is 4. The molecule has 1 aliphatic heterocycles. The number of nitrogens with one attached hydrogen (secondary N) is 4. The van der Waals surface area contributed by atoms with E-state index in [2.05, 4.69) is 44.1 Å². The van der Waals surface area contributed by atoms with Crippen molar-refractivity contribution in [1.29, 1.82) is 0 Å². The van der Waals surface area contributed by atoms with Gasteiger partial charge in [-0.2, -0.15) is 0 Å². The molecule has 2 atom stereocenters. The molecule has 0 aliphatic carbocycles. The van der Waals surface area contributed by atoms with Crippen molar-refractivity contribution >= 4 is 69.1 Å². The zero-order chi connectivity index (χ0) is 53.5. The van der Waals surface area contributed by atoms with Crippen molar-refractivity contribution in [2.45, 2.75) is 119 Å². The van der Waals surface area contributed by atoms with Gasteiger partial charge in [0.2, 0.25) is 23.6 Å². The minimum Gasteiger partial charge on any atom is -0.480 e. The molecule has 0 bridgehead atoms. The first-order valence-corrected chi connectivity index (χ1v) is 25.3. The zero-order valence-electron chi connectivity index (χ0n) is 43.1. The monoisotopic (exact) mass is 1070 g/mol. The number of rotatable bonds is 29. The Morgan fingerprint density at radius 3 is 1.61 bits per heavy atom. The molecule has 1 fully saturated rings. The van der Waals surface area contributed by atoms with E-state index in [-0.39, 0.29) is 109 Å². The number of halogens is 1. The number of amides is 4. The minimum atomic E-state index is -1.28. The molecule has 0 saturated carbocycles. The third kappa shape index (κ3) is 25.0. The summed E-state index contributed by atoms with van der Waals surface area (Å²) in [5.41, 5.74) is 2.35. The predicted octanol–water partition coefficient (Wildman–Crippen LogP) is 3.17. The number of unbranched alkanes of at least 4 members (excludes halogenated alkanes) is 2. The van der Waals surface area contributed by atoms with E-state index < -0.39 is 72.2 Å². The van der Waals surface area contributed by atoms with Gasteiger partial charge in [0.1, 0.15) is 12.1 Å². The van der Waals surface area contributed by atoms with E-state index in [9.17, 15) is 58.8 Å². The van der Waals surface area contributed by atoms with Crippen LogP contribution >= 0.6 is 15.9 Å². The molecule has 71 heavy (non-hydrogen) atoms. The van der Waals surface area contributed by atoms with Crippen molar-refractivity contribution in [3.8, 4) is 0 Å². The van der Waals surface area contributed by atoms with Gasteiger partial charge in [-0.25, -0.2) is 0 Å². The SMILES string of the molecule is CCCCCC(=O)NCC(C)(C)COCC(C)(C)CNC(=O)[C@@H](CCC(=O)Nc1c(C)cc(C)c(Br)c1C)NC(=O)CCC(C(=O)O)N1CCN(CC(=O)O)CCN(CC(=O)O)CCN(CC(=O)O)CC1. The third-order valence-electron chi connectivity index (χ3n) is 12.3. The van der Waals surface area contributed by atoms with E-state index in [1.807, 2.05) is 54.5 Å². The quantitative estimate of drug-likeness (QED) is 0.0535. The Balaban J connectivity index is 2.27. The van der Waals surface area contributed by atoms with Crippen molar-refractivity contribution in [3.05, 3.63) is 27.2 Å². The van der Waals surface area contributed by atoms with E-state index in [1.54, 1.807) is 19.6 Å². The van der Waals surface area contributed by atoms with Gasteiger partial charge in [0, 0.05) is 106 Å². The second kappa shape index (κ2) is 31.0. The number of nitrogens with zero attached hydrogens (tertiary/aromatic N) is 4. The molecular weight excluding hydrogens is 988 g/mol. The number of carboxylic acids is 4. The molecule has 4 amide bonds. The molecule has 1 aromatic carbocycles. The summed E-state index contributed by atoms with van der Waals surface area (Å²) in [5, 5.41) is 50.8. The standard InChI is InChI=1S/C49H81BrN8O13/c1-9-10-11-12-38(59)51-29-48(5,6)31-71-32-49(7,8)30-52-46(68)36(13-15-40(61)54-45-34(3)25-33(2)44(50)35(45)4)53-39(60)16-14-37(47(69)70)58-23-21-56(27-42(64)65)19-17-55(26-41(62)63)18-20-57(22-24-58)28-43(66)67/h25,36-37H,9-24,26-32H2,1-8H3,(H,51,59)(H,52,68)(H,53,60)(H,54,61)(H,62,63)(H,64,65)(H,66,67)(H,69,70)/t36-,37?/m1/s1. The van der Waals surface area contributed by atoms with Crippen LogP contribution in [0, 0.1) is 31.6 Å². The summed E-state index contributed by atoms with van der Waals surface area (Å²) in [5.74, 6) is -6.25. The summed E-state index contributed by atoms with van der Waals surface area (Å²) in [7, 11) is 0. The van der Waals surface area contributed by atoms with Gasteiger partial charge in [0.15, 0.2) is 0 Å². The fourth-order valence-corrected chi connectivity index (χ4v) is 8.44. The minimum absolute atomic E-state index is 0.0000603. The van der Waals surface area contributed by atoms with Crippen LogP contribution < -0.4 is 21.3 Å². The molecule has 1 saturated heterocycles. The van der Waals surface area contributed by atoms with Crippen LogP contribution in [0.1, 0.15) is 103 Å². The number of hydrogen-bond acceptors (Lipinski definition) is 13. The Hall–Kier alpha value is -4.74. The van der Waals surface area contributed by atoms with Crippen molar-refractivity contribution < 1.29 is 63.5 Å². The summed E-state index contributed by atoms with van der Waals surface area (Å²) in [6.45, 7) is 16.4. The maximum Gasteiger partial charge on any atom is 0.320 e. The van der Waals surface area contributed by atoms with Crippen LogP contribution in [0.4, 0.5) is 5.69 Å². The number of hydrogen-bond donors (Lipinski definition) is 8. The molecule has 402 valence electrons. The van der Waals surface area contributed by atoms with Crippen molar-refractivity contribution in [2.75, 3.05) is 104 Å². The summed E-state index contributed by atoms with van der Waals surface area (Å²) in [6, 6.07) is -0.546. The van der Waals surface area contributed by atoms with Gasteiger partial charge in [0.25, 0.3) is 0 Å². The molecule has 1 unspecified atom stereocenters. The molecule has 0 spiro atoms. The van der Waals surface area contributed by atoms with Crippen molar-refractivity contribution in [2.24, 2.45) is 10.8 Å². The van der Waals surface area contributed by atoms with Crippen LogP contribution in [0.25, 0.3) is 0 Å². The highest BCUT2D eigenvalue weighted by Gasteiger charge is 2.31. The fraction of sp³-hybridized carbons (Fsp3) is 0.714. The number of aliphatic carboxylic acids is 4.